The fourth-order valence-electron chi connectivity index (χ4n) is 2.22. The second kappa shape index (κ2) is 4.52. The number of hydrogen-bond donors (Lipinski definition) is 0. The summed E-state index contributed by atoms with van der Waals surface area (Å²) in [4.78, 5) is 14.3. The number of methoxy groups -OCH3 is 1. The second-order valence-corrected chi connectivity index (χ2v) is 5.06. The SMILES string of the molecule is COC(C)(C)C(=O)N1[C@H](C)CCC[C@@H]1C. The number of likely N-dealkylation sites (tertiary alicyclic amines) is 1. The Kier molecular flexibility index (Phi) is 3.77. The highest BCUT2D eigenvalue weighted by molar-refractivity contribution is 5.85. The fourth-order valence-corrected chi connectivity index (χ4v) is 2.22. The molecule has 3 nitrogen and oxygen atoms in total. The summed E-state index contributed by atoms with van der Waals surface area (Å²) in [6.45, 7) is 7.92. The Morgan fingerprint density at radius 3 is 2.13 bits per heavy atom. The molecular formula is C12H23NO2. The number of hydrogen-bond acceptors (Lipinski definition) is 2. The number of ether oxygens (including phenoxy) is 1. The molecule has 1 aliphatic rings. The molecule has 0 aliphatic carbocycles. The van der Waals surface area contributed by atoms with Crippen molar-refractivity contribution in [3.05, 3.63) is 0 Å². The Morgan fingerprint density at radius 1 is 1.27 bits per heavy atom. The third-order valence-electron chi connectivity index (χ3n) is 3.45. The van der Waals surface area contributed by atoms with Gasteiger partial charge in [0.05, 0.1) is 0 Å². The Morgan fingerprint density at radius 2 is 1.73 bits per heavy atom. The summed E-state index contributed by atoms with van der Waals surface area (Å²) in [6, 6.07) is 0.686. The molecule has 0 N–H and O–H groups in total. The van der Waals surface area contributed by atoms with E-state index in [1.54, 1.807) is 7.11 Å². The number of piperidine rings is 1. The molecule has 0 saturated carbocycles. The van der Waals surface area contributed by atoms with E-state index in [2.05, 4.69) is 13.8 Å². The quantitative estimate of drug-likeness (QED) is 0.704. The number of carbonyl (C=O) groups excluding carboxylic acids is 1. The van der Waals surface area contributed by atoms with Crippen LogP contribution in [-0.2, 0) is 9.53 Å². The van der Waals surface area contributed by atoms with Gasteiger partial charge in [-0.25, -0.2) is 0 Å². The average Bonchev–Trinajstić information content (AvgIpc) is 2.17. The third kappa shape index (κ3) is 2.51. The number of carbonyl (C=O) groups is 1. The van der Waals surface area contributed by atoms with Gasteiger partial charge in [0, 0.05) is 19.2 Å². The van der Waals surface area contributed by atoms with Crippen molar-refractivity contribution in [2.75, 3.05) is 7.11 Å². The Hall–Kier alpha value is -0.570. The molecule has 15 heavy (non-hydrogen) atoms. The standard InChI is InChI=1S/C12H23NO2/c1-9-7-6-8-10(2)13(9)11(14)12(3,4)15-5/h9-10H,6-8H2,1-5H3/t9-,10+. The molecule has 0 radical (unpaired) electrons. The highest BCUT2D eigenvalue weighted by atomic mass is 16.5. The van der Waals surface area contributed by atoms with E-state index in [9.17, 15) is 4.79 Å². The van der Waals surface area contributed by atoms with Crippen LogP contribution in [0.25, 0.3) is 0 Å². The normalized spacial score (nSPS) is 27.9. The van der Waals surface area contributed by atoms with Crippen molar-refractivity contribution in [2.24, 2.45) is 0 Å². The van der Waals surface area contributed by atoms with Crippen LogP contribution >= 0.6 is 0 Å². The van der Waals surface area contributed by atoms with E-state index in [1.807, 2.05) is 18.7 Å². The van der Waals surface area contributed by atoms with Gasteiger partial charge in [0.1, 0.15) is 5.60 Å². The molecular weight excluding hydrogens is 190 g/mol. The first-order chi connectivity index (χ1) is 6.90. The molecule has 1 saturated heterocycles. The van der Waals surface area contributed by atoms with E-state index < -0.39 is 5.60 Å². The van der Waals surface area contributed by atoms with E-state index in [4.69, 9.17) is 4.74 Å². The first kappa shape index (κ1) is 12.5. The minimum atomic E-state index is -0.695. The van der Waals surface area contributed by atoms with Crippen LogP contribution in [0, 0.1) is 0 Å². The van der Waals surface area contributed by atoms with Crippen LogP contribution in [0.5, 0.6) is 0 Å². The van der Waals surface area contributed by atoms with Gasteiger partial charge in [-0.1, -0.05) is 0 Å². The van der Waals surface area contributed by atoms with Crippen LogP contribution < -0.4 is 0 Å². The predicted octanol–water partition coefficient (Wildman–Crippen LogP) is 2.20. The summed E-state index contributed by atoms with van der Waals surface area (Å²) in [7, 11) is 1.59. The smallest absolute Gasteiger partial charge is 0.254 e. The highest BCUT2D eigenvalue weighted by Gasteiger charge is 2.37. The van der Waals surface area contributed by atoms with Gasteiger partial charge in [0.2, 0.25) is 0 Å². The lowest BCUT2D eigenvalue weighted by molar-refractivity contribution is -0.157. The molecule has 1 rings (SSSR count). The molecule has 0 aromatic heterocycles. The summed E-state index contributed by atoms with van der Waals surface area (Å²) in [6.07, 6.45) is 3.44. The predicted molar refractivity (Wildman–Crippen MR) is 60.7 cm³/mol. The van der Waals surface area contributed by atoms with Crippen molar-refractivity contribution in [2.45, 2.75) is 64.6 Å². The van der Waals surface area contributed by atoms with Crippen LogP contribution in [0.1, 0.15) is 47.0 Å². The lowest BCUT2D eigenvalue weighted by atomic mass is 9.94. The van der Waals surface area contributed by atoms with Crippen LogP contribution in [0.4, 0.5) is 0 Å². The molecule has 2 atom stereocenters. The van der Waals surface area contributed by atoms with E-state index in [1.165, 1.54) is 6.42 Å². The van der Waals surface area contributed by atoms with Crippen LogP contribution in [0.3, 0.4) is 0 Å². The molecule has 88 valence electrons. The monoisotopic (exact) mass is 213 g/mol. The Labute approximate surface area is 92.8 Å². The number of amides is 1. The third-order valence-corrected chi connectivity index (χ3v) is 3.45. The molecule has 1 heterocycles. The van der Waals surface area contributed by atoms with Gasteiger partial charge in [-0.2, -0.15) is 0 Å². The van der Waals surface area contributed by atoms with E-state index in [-0.39, 0.29) is 5.91 Å². The number of nitrogens with zero attached hydrogens (tertiary/aromatic N) is 1. The molecule has 1 amide bonds. The van der Waals surface area contributed by atoms with Gasteiger partial charge >= 0.3 is 0 Å². The Balaban J connectivity index is 2.80. The lowest BCUT2D eigenvalue weighted by Gasteiger charge is -2.42. The van der Waals surface area contributed by atoms with Gasteiger partial charge in [-0.05, 0) is 47.0 Å². The zero-order valence-corrected chi connectivity index (χ0v) is 10.5. The Bertz CT molecular complexity index is 228. The maximum atomic E-state index is 12.3. The van der Waals surface area contributed by atoms with Gasteiger partial charge in [-0.3, -0.25) is 4.79 Å². The second-order valence-electron chi connectivity index (χ2n) is 5.06. The van der Waals surface area contributed by atoms with E-state index in [0.717, 1.165) is 12.8 Å². The van der Waals surface area contributed by atoms with Crippen molar-refractivity contribution in [1.82, 2.24) is 4.90 Å². The van der Waals surface area contributed by atoms with E-state index in [0.29, 0.717) is 12.1 Å². The van der Waals surface area contributed by atoms with Crippen molar-refractivity contribution >= 4 is 5.91 Å². The maximum absolute atomic E-state index is 12.3. The highest BCUT2D eigenvalue weighted by Crippen LogP contribution is 2.26. The minimum absolute atomic E-state index is 0.115. The largest absolute Gasteiger partial charge is 0.369 e. The molecule has 1 fully saturated rings. The van der Waals surface area contributed by atoms with Crippen molar-refractivity contribution < 1.29 is 9.53 Å². The molecule has 3 heteroatoms. The summed E-state index contributed by atoms with van der Waals surface area (Å²) in [5.74, 6) is 0.115. The summed E-state index contributed by atoms with van der Waals surface area (Å²) < 4.78 is 5.26. The molecule has 0 spiro atoms. The van der Waals surface area contributed by atoms with Gasteiger partial charge in [0.15, 0.2) is 0 Å². The lowest BCUT2D eigenvalue weighted by Crippen LogP contribution is -2.55. The first-order valence-electron chi connectivity index (χ1n) is 5.78. The average molecular weight is 213 g/mol. The summed E-state index contributed by atoms with van der Waals surface area (Å²) in [5, 5.41) is 0. The summed E-state index contributed by atoms with van der Waals surface area (Å²) in [5.41, 5.74) is -0.695. The number of rotatable bonds is 2. The van der Waals surface area contributed by atoms with Crippen LogP contribution in [-0.4, -0.2) is 35.6 Å². The van der Waals surface area contributed by atoms with E-state index >= 15 is 0 Å². The fraction of sp³-hybridized carbons (Fsp3) is 0.917. The van der Waals surface area contributed by atoms with Gasteiger partial charge in [0.25, 0.3) is 5.91 Å². The molecule has 0 bridgehead atoms. The molecule has 0 aromatic rings. The van der Waals surface area contributed by atoms with Gasteiger partial charge in [-0.15, -0.1) is 0 Å². The van der Waals surface area contributed by atoms with Crippen molar-refractivity contribution in [1.29, 1.82) is 0 Å². The topological polar surface area (TPSA) is 29.5 Å². The van der Waals surface area contributed by atoms with Crippen LogP contribution in [0.2, 0.25) is 0 Å². The van der Waals surface area contributed by atoms with Crippen molar-refractivity contribution in [3.8, 4) is 0 Å². The summed E-state index contributed by atoms with van der Waals surface area (Å²) >= 11 is 0. The van der Waals surface area contributed by atoms with Crippen molar-refractivity contribution in [3.63, 3.8) is 0 Å². The zero-order valence-electron chi connectivity index (χ0n) is 10.5. The molecule has 0 aromatic carbocycles. The first-order valence-corrected chi connectivity index (χ1v) is 5.78. The maximum Gasteiger partial charge on any atom is 0.254 e. The zero-order chi connectivity index (χ0) is 11.6. The molecule has 1 aliphatic heterocycles. The molecule has 0 unspecified atom stereocenters. The van der Waals surface area contributed by atoms with Crippen LogP contribution in [0.15, 0.2) is 0 Å². The minimum Gasteiger partial charge on any atom is -0.369 e. The van der Waals surface area contributed by atoms with Gasteiger partial charge < -0.3 is 9.64 Å².